The van der Waals surface area contributed by atoms with E-state index in [0.717, 1.165) is 15.5 Å². The number of benzene rings is 2. The molecule has 8 heteroatoms. The van der Waals surface area contributed by atoms with Gasteiger partial charge < -0.3 is 22.7 Å². The molecule has 0 saturated carbocycles. The largest absolute Gasteiger partial charge is 1.00 e. The highest BCUT2D eigenvalue weighted by molar-refractivity contribution is 7.19. The van der Waals surface area contributed by atoms with Crippen molar-refractivity contribution in [2.24, 2.45) is 0 Å². The molecule has 0 fully saturated rings. The van der Waals surface area contributed by atoms with Crippen molar-refractivity contribution in [2.45, 2.75) is 6.54 Å². The van der Waals surface area contributed by atoms with E-state index in [1.165, 1.54) is 11.3 Å². The zero-order valence-electron chi connectivity index (χ0n) is 13.0. The Morgan fingerprint density at radius 1 is 1.08 bits per heavy atom. The number of rotatable bonds is 4. The molecule has 2 N–H and O–H groups in total. The molecule has 2 aromatic carbocycles. The van der Waals surface area contributed by atoms with E-state index in [9.17, 15) is 4.79 Å². The number of fused-ring (bicyclic) bond motifs is 1. The minimum atomic E-state index is -0.0183. The summed E-state index contributed by atoms with van der Waals surface area (Å²) in [6, 6.07) is 19.0. The van der Waals surface area contributed by atoms with E-state index in [2.05, 4.69) is 10.2 Å². The molecular formula is C17H14BrN5OS. The number of nitrogens with zero attached hydrogens (tertiary/aromatic N) is 4. The average Bonchev–Trinajstić information content (AvgIpc) is 3.18. The van der Waals surface area contributed by atoms with E-state index in [-0.39, 0.29) is 35.3 Å². The molecule has 25 heavy (non-hydrogen) atoms. The van der Waals surface area contributed by atoms with Crippen LogP contribution in [0.25, 0.3) is 15.5 Å². The Bertz CT molecular complexity index is 1010. The quantitative estimate of drug-likeness (QED) is 0.350. The fraction of sp³-hybridized carbons (Fsp3) is 0.0588. The van der Waals surface area contributed by atoms with E-state index in [1.807, 2.05) is 48.5 Å². The molecule has 0 amide bonds. The standard InChI is InChI=1S/C17H14N5OS.BrH/c18-16-20-21(11-14(23)12-7-3-1-4-8-12)17-22(16)19-15(24-17)13-9-5-2-6-10-13;/h1-10H,11H2,(H2,18,20);1H/q+1;/p-1. The summed E-state index contributed by atoms with van der Waals surface area (Å²) in [5.41, 5.74) is 7.60. The van der Waals surface area contributed by atoms with Crippen LogP contribution in [-0.4, -0.2) is 20.5 Å². The second kappa shape index (κ2) is 7.12. The molecule has 0 radical (unpaired) electrons. The summed E-state index contributed by atoms with van der Waals surface area (Å²) in [5.74, 6) is 0.250. The van der Waals surface area contributed by atoms with Gasteiger partial charge in [-0.3, -0.25) is 4.79 Å². The van der Waals surface area contributed by atoms with Gasteiger partial charge in [0.2, 0.25) is 5.78 Å². The Morgan fingerprint density at radius 2 is 1.72 bits per heavy atom. The van der Waals surface area contributed by atoms with Gasteiger partial charge in [0.25, 0.3) is 0 Å². The van der Waals surface area contributed by atoms with Crippen LogP contribution in [0.4, 0.5) is 5.95 Å². The van der Waals surface area contributed by atoms with Gasteiger partial charge in [0.15, 0.2) is 11.6 Å². The van der Waals surface area contributed by atoms with Crippen LogP contribution in [0.3, 0.4) is 0 Å². The van der Waals surface area contributed by atoms with Crippen LogP contribution in [0.15, 0.2) is 60.7 Å². The highest BCUT2D eigenvalue weighted by Crippen LogP contribution is 2.24. The van der Waals surface area contributed by atoms with Crippen molar-refractivity contribution in [1.82, 2.24) is 14.7 Å². The Morgan fingerprint density at radius 3 is 2.40 bits per heavy atom. The lowest BCUT2D eigenvalue weighted by Gasteiger charge is -1.96. The van der Waals surface area contributed by atoms with Crippen molar-refractivity contribution in [3.05, 3.63) is 66.2 Å². The molecule has 0 aliphatic carbocycles. The van der Waals surface area contributed by atoms with Crippen LogP contribution in [0.2, 0.25) is 0 Å². The molecule has 2 aromatic heterocycles. The number of ketones is 1. The number of halogens is 1. The fourth-order valence-corrected chi connectivity index (χ4v) is 3.44. The van der Waals surface area contributed by atoms with E-state index >= 15 is 0 Å². The number of hydrogen-bond donors (Lipinski definition) is 1. The number of hydrogen-bond acceptors (Lipinski definition) is 5. The van der Waals surface area contributed by atoms with Gasteiger partial charge in [0.1, 0.15) is 0 Å². The predicted octanol–water partition coefficient (Wildman–Crippen LogP) is -0.786. The number of nitrogens with two attached hydrogens (primary N) is 1. The molecular weight excluding hydrogens is 402 g/mol. The molecule has 0 bridgehead atoms. The smallest absolute Gasteiger partial charge is 0.393 e. The summed E-state index contributed by atoms with van der Waals surface area (Å²) in [5, 5.41) is 9.57. The maximum Gasteiger partial charge on any atom is 0.393 e. The number of anilines is 1. The minimum absolute atomic E-state index is 0. The molecule has 0 unspecified atom stereocenters. The molecule has 4 rings (SSSR count). The summed E-state index contributed by atoms with van der Waals surface area (Å²) in [6.07, 6.45) is 0. The second-order valence-electron chi connectivity index (χ2n) is 5.27. The molecule has 4 aromatic rings. The zero-order valence-corrected chi connectivity index (χ0v) is 15.4. The van der Waals surface area contributed by atoms with Crippen LogP contribution >= 0.6 is 11.3 Å². The van der Waals surface area contributed by atoms with Gasteiger partial charge in [0.05, 0.1) is 0 Å². The molecule has 126 valence electrons. The highest BCUT2D eigenvalue weighted by Gasteiger charge is 2.25. The molecule has 0 saturated heterocycles. The summed E-state index contributed by atoms with van der Waals surface area (Å²) in [4.78, 5) is 13.1. The van der Waals surface area contributed by atoms with Gasteiger partial charge in [-0.05, 0) is 21.0 Å². The van der Waals surface area contributed by atoms with Gasteiger partial charge in [-0.1, -0.05) is 65.8 Å². The molecule has 2 heterocycles. The first-order valence-corrected chi connectivity index (χ1v) is 8.23. The van der Waals surface area contributed by atoms with Crippen molar-refractivity contribution in [2.75, 3.05) is 5.73 Å². The van der Waals surface area contributed by atoms with Gasteiger partial charge >= 0.3 is 10.9 Å². The average molecular weight is 416 g/mol. The van der Waals surface area contributed by atoms with Crippen LogP contribution in [0, 0.1) is 0 Å². The fourth-order valence-electron chi connectivity index (χ4n) is 2.46. The van der Waals surface area contributed by atoms with E-state index < -0.39 is 0 Å². The predicted molar refractivity (Wildman–Crippen MR) is 91.7 cm³/mol. The van der Waals surface area contributed by atoms with Crippen molar-refractivity contribution in [3.63, 3.8) is 0 Å². The monoisotopic (exact) mass is 415 g/mol. The SMILES string of the molecule is Nc1n[n+](CC(=O)c2ccccc2)c2sc(-c3ccccc3)nn12.[Br-]. The molecule has 0 atom stereocenters. The number of carbonyl (C=O) groups is 1. The lowest BCUT2D eigenvalue weighted by molar-refractivity contribution is -0.712. The topological polar surface area (TPSA) is 77.2 Å². The number of nitrogen functional groups attached to an aromatic ring is 1. The van der Waals surface area contributed by atoms with Gasteiger partial charge in [-0.25, -0.2) is 0 Å². The number of aromatic nitrogens is 4. The van der Waals surface area contributed by atoms with Gasteiger partial charge in [0, 0.05) is 11.1 Å². The van der Waals surface area contributed by atoms with Crippen LogP contribution in [-0.2, 0) is 6.54 Å². The van der Waals surface area contributed by atoms with E-state index in [1.54, 1.807) is 21.3 Å². The third-order valence-electron chi connectivity index (χ3n) is 3.63. The van der Waals surface area contributed by atoms with E-state index in [4.69, 9.17) is 5.73 Å². The number of carbonyl (C=O) groups excluding carboxylic acids is 1. The Labute approximate surface area is 158 Å². The second-order valence-corrected chi connectivity index (χ2v) is 6.23. The Hall–Kier alpha value is -2.58. The third-order valence-corrected chi connectivity index (χ3v) is 4.71. The van der Waals surface area contributed by atoms with Crippen LogP contribution in [0.5, 0.6) is 0 Å². The van der Waals surface area contributed by atoms with Gasteiger partial charge in [-0.2, -0.15) is 0 Å². The minimum Gasteiger partial charge on any atom is -1.00 e. The lowest BCUT2D eigenvalue weighted by Crippen LogP contribution is -3.00. The Kier molecular flexibility index (Phi) is 4.91. The van der Waals surface area contributed by atoms with Crippen molar-refractivity contribution in [1.29, 1.82) is 0 Å². The molecule has 0 aliphatic heterocycles. The molecule has 0 aliphatic rings. The normalized spacial score (nSPS) is 10.6. The van der Waals surface area contributed by atoms with Crippen molar-refractivity contribution < 1.29 is 26.5 Å². The third kappa shape index (κ3) is 3.31. The number of Topliss-reactive ketones (excluding diaryl/α,β-unsaturated/α-hetero) is 1. The molecule has 0 spiro atoms. The first-order chi connectivity index (χ1) is 11.7. The summed E-state index contributed by atoms with van der Waals surface area (Å²) in [6.45, 7) is 0.126. The van der Waals surface area contributed by atoms with Crippen molar-refractivity contribution >= 4 is 28.0 Å². The Balaban J connectivity index is 0.00000182. The lowest BCUT2D eigenvalue weighted by atomic mass is 10.1. The maximum atomic E-state index is 12.4. The maximum absolute atomic E-state index is 12.4. The van der Waals surface area contributed by atoms with E-state index in [0.29, 0.717) is 5.56 Å². The van der Waals surface area contributed by atoms with Gasteiger partial charge in [-0.15, -0.1) is 4.68 Å². The van der Waals surface area contributed by atoms with Crippen LogP contribution < -0.4 is 27.4 Å². The molecule has 6 nitrogen and oxygen atoms in total. The van der Waals surface area contributed by atoms with Crippen LogP contribution in [0.1, 0.15) is 10.4 Å². The summed E-state index contributed by atoms with van der Waals surface area (Å²) in [7, 11) is 0. The van der Waals surface area contributed by atoms with Crippen molar-refractivity contribution in [3.8, 4) is 10.6 Å². The summed E-state index contributed by atoms with van der Waals surface area (Å²) >= 11 is 1.46. The first-order valence-electron chi connectivity index (χ1n) is 7.41. The summed E-state index contributed by atoms with van der Waals surface area (Å²) < 4.78 is 3.18. The highest BCUT2D eigenvalue weighted by atomic mass is 79.9. The first kappa shape index (κ1) is 17.2. The zero-order chi connectivity index (χ0) is 16.5.